The number of carbonyl (C=O) groups is 1. The molecule has 0 saturated carbocycles. The van der Waals surface area contributed by atoms with Crippen molar-refractivity contribution in [2.75, 3.05) is 27.1 Å². The quantitative estimate of drug-likeness (QED) is 0.168. The van der Waals surface area contributed by atoms with Gasteiger partial charge in [-0.2, -0.15) is 5.10 Å². The number of hydrogen-bond acceptors (Lipinski definition) is 8. The molecule has 1 heterocycles. The molecule has 3 aromatic carbocycles. The lowest BCUT2D eigenvalue weighted by Gasteiger charge is -2.11. The second-order valence-electron chi connectivity index (χ2n) is 7.77. The SMILES string of the molecule is COc1ccc(-c2nnc(SCC(=O)N/N=C/C=C/c3ccccc3OC)n2-c2ccc(OC)cc2)cc1. The van der Waals surface area contributed by atoms with Crippen LogP contribution in [-0.4, -0.2) is 54.0 Å². The molecule has 10 heteroatoms. The lowest BCUT2D eigenvalue weighted by Crippen LogP contribution is -2.19. The Morgan fingerprint density at radius 1 is 0.921 bits per heavy atom. The zero-order valence-corrected chi connectivity index (χ0v) is 22.0. The van der Waals surface area contributed by atoms with Gasteiger partial charge in [-0.05, 0) is 66.7 Å². The van der Waals surface area contributed by atoms with Gasteiger partial charge in [0.05, 0.1) is 27.1 Å². The maximum Gasteiger partial charge on any atom is 0.250 e. The molecular weight excluding hydrogens is 502 g/mol. The van der Waals surface area contributed by atoms with Gasteiger partial charge in [0.1, 0.15) is 17.2 Å². The van der Waals surface area contributed by atoms with Crippen LogP contribution in [-0.2, 0) is 4.79 Å². The standard InChI is InChI=1S/C28H27N5O4S/c1-35-23-14-10-21(11-15-23)27-31-32-28(33(27)22-12-16-24(36-2)17-13-22)38-19-26(34)30-29-18-6-8-20-7-4-5-9-25(20)37-3/h4-18H,19H2,1-3H3,(H,30,34)/b8-6+,29-18+. The second kappa shape index (κ2) is 13.1. The summed E-state index contributed by atoms with van der Waals surface area (Å²) in [6.45, 7) is 0. The van der Waals surface area contributed by atoms with E-state index in [1.807, 2.05) is 83.4 Å². The first-order valence-electron chi connectivity index (χ1n) is 11.6. The highest BCUT2D eigenvalue weighted by atomic mass is 32.2. The Hall–Kier alpha value is -4.57. The van der Waals surface area contributed by atoms with Gasteiger partial charge in [0.15, 0.2) is 11.0 Å². The van der Waals surface area contributed by atoms with Crippen molar-refractivity contribution < 1.29 is 19.0 Å². The Kier molecular flexibility index (Phi) is 9.14. The van der Waals surface area contributed by atoms with Gasteiger partial charge in [0, 0.05) is 23.0 Å². The Bertz CT molecular complexity index is 1420. The maximum absolute atomic E-state index is 12.5. The molecule has 1 amide bonds. The summed E-state index contributed by atoms with van der Waals surface area (Å²) in [7, 11) is 4.86. The smallest absolute Gasteiger partial charge is 0.250 e. The van der Waals surface area contributed by atoms with Crippen molar-refractivity contribution in [3.05, 3.63) is 84.4 Å². The predicted molar refractivity (Wildman–Crippen MR) is 149 cm³/mol. The number of thioether (sulfide) groups is 1. The number of nitrogens with one attached hydrogen (secondary N) is 1. The molecule has 38 heavy (non-hydrogen) atoms. The lowest BCUT2D eigenvalue weighted by molar-refractivity contribution is -0.118. The summed E-state index contributed by atoms with van der Waals surface area (Å²) in [5.41, 5.74) is 5.14. The fourth-order valence-electron chi connectivity index (χ4n) is 3.52. The molecule has 4 aromatic rings. The largest absolute Gasteiger partial charge is 0.497 e. The maximum atomic E-state index is 12.5. The molecule has 0 aliphatic heterocycles. The first-order chi connectivity index (χ1) is 18.6. The first kappa shape index (κ1) is 26.5. The number of hydrogen-bond donors (Lipinski definition) is 1. The molecule has 9 nitrogen and oxygen atoms in total. The van der Waals surface area contributed by atoms with E-state index in [2.05, 4.69) is 20.7 Å². The van der Waals surface area contributed by atoms with E-state index in [1.165, 1.54) is 18.0 Å². The fourth-order valence-corrected chi connectivity index (χ4v) is 4.26. The number of benzene rings is 3. The molecule has 0 radical (unpaired) electrons. The molecule has 4 rings (SSSR count). The zero-order chi connectivity index (χ0) is 26.7. The highest BCUT2D eigenvalue weighted by Gasteiger charge is 2.17. The van der Waals surface area contributed by atoms with Gasteiger partial charge in [0.25, 0.3) is 5.91 Å². The van der Waals surface area contributed by atoms with Crippen LogP contribution >= 0.6 is 11.8 Å². The molecule has 0 spiro atoms. The Morgan fingerprint density at radius 2 is 1.61 bits per heavy atom. The Morgan fingerprint density at radius 3 is 2.29 bits per heavy atom. The van der Waals surface area contributed by atoms with Crippen LogP contribution in [0.5, 0.6) is 17.2 Å². The minimum Gasteiger partial charge on any atom is -0.497 e. The number of rotatable bonds is 11. The van der Waals surface area contributed by atoms with E-state index in [1.54, 1.807) is 27.4 Å². The first-order valence-corrected chi connectivity index (χ1v) is 12.6. The Balaban J connectivity index is 1.46. The van der Waals surface area contributed by atoms with Crippen LogP contribution in [0.15, 0.2) is 89.1 Å². The molecule has 0 atom stereocenters. The number of hydrazone groups is 1. The van der Waals surface area contributed by atoms with Crippen LogP contribution in [0, 0.1) is 0 Å². The molecule has 194 valence electrons. The van der Waals surface area contributed by atoms with Crippen LogP contribution in [0.4, 0.5) is 0 Å². The number of amides is 1. The van der Waals surface area contributed by atoms with Crippen molar-refractivity contribution in [1.82, 2.24) is 20.2 Å². The van der Waals surface area contributed by atoms with Gasteiger partial charge < -0.3 is 14.2 Å². The molecule has 0 bridgehead atoms. The van der Waals surface area contributed by atoms with Crippen LogP contribution in [0.25, 0.3) is 23.2 Å². The highest BCUT2D eigenvalue weighted by molar-refractivity contribution is 7.99. The zero-order valence-electron chi connectivity index (χ0n) is 21.2. The topological polar surface area (TPSA) is 99.9 Å². The summed E-state index contributed by atoms with van der Waals surface area (Å²) in [4.78, 5) is 12.5. The number of carbonyl (C=O) groups excluding carboxylic acids is 1. The molecule has 0 aliphatic rings. The van der Waals surface area contributed by atoms with Crippen molar-refractivity contribution in [2.24, 2.45) is 5.10 Å². The summed E-state index contributed by atoms with van der Waals surface area (Å²) in [5.74, 6) is 2.71. The predicted octanol–water partition coefficient (Wildman–Crippen LogP) is 4.87. The van der Waals surface area contributed by atoms with E-state index in [4.69, 9.17) is 14.2 Å². The monoisotopic (exact) mass is 529 g/mol. The summed E-state index contributed by atoms with van der Waals surface area (Å²) in [6.07, 6.45) is 5.09. The number of para-hydroxylation sites is 1. The summed E-state index contributed by atoms with van der Waals surface area (Å²) in [6, 6.07) is 22.7. The average molecular weight is 530 g/mol. The number of nitrogens with zero attached hydrogens (tertiary/aromatic N) is 4. The Labute approximate surface area is 225 Å². The minimum atomic E-state index is -0.271. The third kappa shape index (κ3) is 6.60. The average Bonchev–Trinajstić information content (AvgIpc) is 3.40. The molecule has 0 saturated heterocycles. The summed E-state index contributed by atoms with van der Waals surface area (Å²) >= 11 is 1.26. The van der Waals surface area contributed by atoms with Crippen molar-refractivity contribution in [3.8, 4) is 34.3 Å². The number of aromatic nitrogens is 3. The second-order valence-corrected chi connectivity index (χ2v) is 8.71. The van der Waals surface area contributed by atoms with Crippen molar-refractivity contribution >= 4 is 30.0 Å². The van der Waals surface area contributed by atoms with E-state index in [0.717, 1.165) is 34.1 Å². The van der Waals surface area contributed by atoms with Crippen molar-refractivity contribution in [3.63, 3.8) is 0 Å². The van der Waals surface area contributed by atoms with Gasteiger partial charge in [-0.25, -0.2) is 5.43 Å². The fraction of sp³-hybridized carbons (Fsp3) is 0.143. The van der Waals surface area contributed by atoms with Gasteiger partial charge in [-0.15, -0.1) is 10.2 Å². The van der Waals surface area contributed by atoms with Crippen LogP contribution in [0.3, 0.4) is 0 Å². The molecule has 0 fully saturated rings. The number of allylic oxidation sites excluding steroid dienone is 1. The number of ether oxygens (including phenoxy) is 3. The molecule has 1 aromatic heterocycles. The van der Waals surface area contributed by atoms with Gasteiger partial charge in [-0.1, -0.05) is 30.0 Å². The van der Waals surface area contributed by atoms with Gasteiger partial charge in [-0.3, -0.25) is 9.36 Å². The molecule has 0 aliphatic carbocycles. The normalized spacial score (nSPS) is 11.1. The van der Waals surface area contributed by atoms with Crippen molar-refractivity contribution in [1.29, 1.82) is 0 Å². The van der Waals surface area contributed by atoms with Gasteiger partial charge >= 0.3 is 0 Å². The summed E-state index contributed by atoms with van der Waals surface area (Å²) in [5, 5.41) is 13.3. The van der Waals surface area contributed by atoms with Crippen molar-refractivity contribution in [2.45, 2.75) is 5.16 Å². The third-order valence-corrected chi connectivity index (χ3v) is 6.34. The van der Waals surface area contributed by atoms with E-state index in [9.17, 15) is 4.79 Å². The molecule has 1 N–H and O–H groups in total. The molecule has 0 unspecified atom stereocenters. The summed E-state index contributed by atoms with van der Waals surface area (Å²) < 4.78 is 17.8. The van der Waals surface area contributed by atoms with Crippen LogP contribution in [0.1, 0.15) is 5.56 Å². The van der Waals surface area contributed by atoms with E-state index < -0.39 is 0 Å². The number of methoxy groups -OCH3 is 3. The van der Waals surface area contributed by atoms with Crippen LogP contribution in [0.2, 0.25) is 0 Å². The molecular formula is C28H27N5O4S. The van der Waals surface area contributed by atoms with E-state index in [-0.39, 0.29) is 11.7 Å². The van der Waals surface area contributed by atoms with Gasteiger partial charge in [0.2, 0.25) is 0 Å². The third-order valence-electron chi connectivity index (χ3n) is 5.41. The lowest BCUT2D eigenvalue weighted by atomic mass is 10.2. The van der Waals surface area contributed by atoms with Crippen LogP contribution < -0.4 is 19.6 Å². The van der Waals surface area contributed by atoms with E-state index >= 15 is 0 Å². The minimum absolute atomic E-state index is 0.102. The highest BCUT2D eigenvalue weighted by Crippen LogP contribution is 2.29. The van der Waals surface area contributed by atoms with E-state index in [0.29, 0.717) is 11.0 Å².